The molecule has 1 fully saturated rings. The molecule has 158 valence electrons. The molecule has 1 N–H and O–H groups in total. The number of piperidine rings is 1. The van der Waals surface area contributed by atoms with Crippen LogP contribution in [0, 0.1) is 0 Å². The number of nitrogens with one attached hydrogen (secondary N) is 1. The van der Waals surface area contributed by atoms with Gasteiger partial charge in [-0.1, -0.05) is 60.1 Å². The van der Waals surface area contributed by atoms with Gasteiger partial charge in [-0.15, -0.1) is 0 Å². The molecule has 3 aromatic carbocycles. The third kappa shape index (κ3) is 4.08. The van der Waals surface area contributed by atoms with Crippen LogP contribution in [-0.4, -0.2) is 30.1 Å². The van der Waals surface area contributed by atoms with Crippen molar-refractivity contribution in [2.75, 3.05) is 20.2 Å². The van der Waals surface area contributed by atoms with Crippen LogP contribution >= 0.6 is 11.6 Å². The standard InChI is InChI=1S/C27H27ClN2O/c1-31-21-11-12-26-23(17-21)24(27(29-26)20-7-3-2-4-8-20)18-30-15-13-19(14-16-30)22-9-5-6-10-25(22)28/h2-12,17,19,29H,13-16,18H2,1H3. The van der Waals surface area contributed by atoms with Gasteiger partial charge in [0.15, 0.2) is 0 Å². The highest BCUT2D eigenvalue weighted by Crippen LogP contribution is 2.36. The fourth-order valence-electron chi connectivity index (χ4n) is 4.80. The highest BCUT2D eigenvalue weighted by atomic mass is 35.5. The van der Waals surface area contributed by atoms with E-state index in [1.807, 2.05) is 18.2 Å². The average Bonchev–Trinajstić information content (AvgIpc) is 3.18. The number of likely N-dealkylation sites (tertiary alicyclic amines) is 1. The number of benzene rings is 3. The predicted molar refractivity (Wildman–Crippen MR) is 129 cm³/mol. The van der Waals surface area contributed by atoms with E-state index in [0.29, 0.717) is 5.92 Å². The van der Waals surface area contributed by atoms with Crippen molar-refractivity contribution in [1.82, 2.24) is 9.88 Å². The van der Waals surface area contributed by atoms with Gasteiger partial charge in [-0.3, -0.25) is 4.90 Å². The van der Waals surface area contributed by atoms with Gasteiger partial charge >= 0.3 is 0 Å². The summed E-state index contributed by atoms with van der Waals surface area (Å²) in [5.41, 5.74) is 6.22. The lowest BCUT2D eigenvalue weighted by atomic mass is 9.89. The Morgan fingerprint density at radius 2 is 1.71 bits per heavy atom. The molecule has 1 saturated heterocycles. The molecular weight excluding hydrogens is 404 g/mol. The fourth-order valence-corrected chi connectivity index (χ4v) is 5.09. The summed E-state index contributed by atoms with van der Waals surface area (Å²) < 4.78 is 5.52. The van der Waals surface area contributed by atoms with E-state index in [4.69, 9.17) is 16.3 Å². The van der Waals surface area contributed by atoms with Gasteiger partial charge in [0, 0.05) is 22.5 Å². The van der Waals surface area contributed by atoms with Gasteiger partial charge in [0.25, 0.3) is 0 Å². The van der Waals surface area contributed by atoms with Gasteiger partial charge in [-0.25, -0.2) is 0 Å². The van der Waals surface area contributed by atoms with E-state index in [1.165, 1.54) is 27.8 Å². The fraction of sp³-hybridized carbons (Fsp3) is 0.259. The minimum absolute atomic E-state index is 0.543. The van der Waals surface area contributed by atoms with Crippen molar-refractivity contribution in [3.05, 3.63) is 88.9 Å². The largest absolute Gasteiger partial charge is 0.497 e. The summed E-state index contributed by atoms with van der Waals surface area (Å²) in [6.45, 7) is 3.06. The first-order chi connectivity index (χ1) is 15.2. The van der Waals surface area contributed by atoms with Gasteiger partial charge in [0.05, 0.1) is 12.8 Å². The number of halogens is 1. The van der Waals surface area contributed by atoms with Crippen LogP contribution in [0.1, 0.15) is 29.9 Å². The summed E-state index contributed by atoms with van der Waals surface area (Å²) in [7, 11) is 1.73. The number of hydrogen-bond acceptors (Lipinski definition) is 2. The number of aromatic amines is 1. The summed E-state index contributed by atoms with van der Waals surface area (Å²) in [5.74, 6) is 1.44. The van der Waals surface area contributed by atoms with Crippen molar-refractivity contribution >= 4 is 22.5 Å². The van der Waals surface area contributed by atoms with Crippen LogP contribution in [0.3, 0.4) is 0 Å². The first-order valence-corrected chi connectivity index (χ1v) is 11.3. The molecule has 0 aliphatic carbocycles. The highest BCUT2D eigenvalue weighted by molar-refractivity contribution is 6.31. The molecule has 1 aromatic heterocycles. The summed E-state index contributed by atoms with van der Waals surface area (Å²) in [4.78, 5) is 6.24. The minimum atomic E-state index is 0.543. The molecular formula is C27H27ClN2O. The van der Waals surface area contributed by atoms with Crippen LogP contribution in [-0.2, 0) is 6.54 Å². The normalized spacial score (nSPS) is 15.4. The molecule has 3 nitrogen and oxygen atoms in total. The second-order valence-corrected chi connectivity index (χ2v) is 8.74. The van der Waals surface area contributed by atoms with Crippen LogP contribution in [0.5, 0.6) is 5.75 Å². The molecule has 0 atom stereocenters. The van der Waals surface area contributed by atoms with Gasteiger partial charge in [-0.2, -0.15) is 0 Å². The van der Waals surface area contributed by atoms with Crippen molar-refractivity contribution in [1.29, 1.82) is 0 Å². The van der Waals surface area contributed by atoms with Gasteiger partial charge in [0.2, 0.25) is 0 Å². The van der Waals surface area contributed by atoms with E-state index in [0.717, 1.165) is 48.8 Å². The van der Waals surface area contributed by atoms with Crippen LogP contribution in [0.4, 0.5) is 0 Å². The molecule has 1 aliphatic rings. The zero-order valence-corrected chi connectivity index (χ0v) is 18.5. The SMILES string of the molecule is COc1ccc2[nH]c(-c3ccccc3)c(CN3CCC(c4ccccc4Cl)CC3)c2c1. The number of nitrogens with zero attached hydrogens (tertiary/aromatic N) is 1. The molecule has 5 rings (SSSR count). The van der Waals surface area contributed by atoms with Crippen molar-refractivity contribution in [3.8, 4) is 17.0 Å². The Morgan fingerprint density at radius 1 is 0.968 bits per heavy atom. The average molecular weight is 431 g/mol. The quantitative estimate of drug-likeness (QED) is 0.374. The van der Waals surface area contributed by atoms with Crippen LogP contribution in [0.2, 0.25) is 5.02 Å². The number of aromatic nitrogens is 1. The van der Waals surface area contributed by atoms with E-state index in [2.05, 4.69) is 64.5 Å². The molecule has 0 unspecified atom stereocenters. The zero-order valence-electron chi connectivity index (χ0n) is 17.8. The number of methoxy groups -OCH3 is 1. The lowest BCUT2D eigenvalue weighted by molar-refractivity contribution is 0.205. The second kappa shape index (κ2) is 8.78. The smallest absolute Gasteiger partial charge is 0.119 e. The number of H-pyrrole nitrogens is 1. The Morgan fingerprint density at radius 3 is 2.45 bits per heavy atom. The number of fused-ring (bicyclic) bond motifs is 1. The Hall–Kier alpha value is -2.75. The molecule has 31 heavy (non-hydrogen) atoms. The summed E-state index contributed by atoms with van der Waals surface area (Å²) >= 11 is 6.46. The van der Waals surface area contributed by atoms with E-state index in [1.54, 1.807) is 7.11 Å². The van der Waals surface area contributed by atoms with Crippen molar-refractivity contribution in [2.24, 2.45) is 0 Å². The van der Waals surface area contributed by atoms with E-state index in [-0.39, 0.29) is 0 Å². The summed E-state index contributed by atoms with van der Waals surface area (Å²) in [5, 5.41) is 2.14. The van der Waals surface area contributed by atoms with Gasteiger partial charge in [-0.05, 0) is 72.8 Å². The molecule has 0 radical (unpaired) electrons. The van der Waals surface area contributed by atoms with Gasteiger partial charge < -0.3 is 9.72 Å². The maximum Gasteiger partial charge on any atom is 0.119 e. The first-order valence-electron chi connectivity index (χ1n) is 10.9. The topological polar surface area (TPSA) is 28.3 Å². The second-order valence-electron chi connectivity index (χ2n) is 8.33. The number of ether oxygens (including phenoxy) is 1. The monoisotopic (exact) mass is 430 g/mol. The number of hydrogen-bond donors (Lipinski definition) is 1. The zero-order chi connectivity index (χ0) is 21.2. The maximum atomic E-state index is 6.46. The third-order valence-corrected chi connectivity index (χ3v) is 6.83. The molecule has 0 saturated carbocycles. The first kappa shape index (κ1) is 20.2. The Kier molecular flexibility index (Phi) is 5.71. The molecule has 0 amide bonds. The van der Waals surface area contributed by atoms with E-state index < -0.39 is 0 Å². The van der Waals surface area contributed by atoms with Crippen LogP contribution < -0.4 is 4.74 Å². The summed E-state index contributed by atoms with van der Waals surface area (Å²) in [6.07, 6.45) is 2.27. The van der Waals surface area contributed by atoms with Crippen LogP contribution in [0.15, 0.2) is 72.8 Å². The lowest BCUT2D eigenvalue weighted by Gasteiger charge is -2.32. The molecule has 4 heteroatoms. The van der Waals surface area contributed by atoms with Crippen LogP contribution in [0.25, 0.3) is 22.2 Å². The molecule has 4 aromatic rings. The number of rotatable bonds is 5. The predicted octanol–water partition coefficient (Wildman–Crippen LogP) is 6.88. The minimum Gasteiger partial charge on any atom is -0.497 e. The van der Waals surface area contributed by atoms with E-state index in [9.17, 15) is 0 Å². The maximum absolute atomic E-state index is 6.46. The Balaban J connectivity index is 1.43. The van der Waals surface area contributed by atoms with Gasteiger partial charge in [0.1, 0.15) is 5.75 Å². The molecule has 2 heterocycles. The molecule has 1 aliphatic heterocycles. The highest BCUT2D eigenvalue weighted by Gasteiger charge is 2.24. The Bertz CT molecular complexity index is 1180. The molecule has 0 spiro atoms. The third-order valence-electron chi connectivity index (χ3n) is 6.49. The Labute approximate surface area is 188 Å². The van der Waals surface area contributed by atoms with Crippen molar-refractivity contribution < 1.29 is 4.74 Å². The molecule has 0 bridgehead atoms. The summed E-state index contributed by atoms with van der Waals surface area (Å²) in [6, 6.07) is 25.2. The van der Waals surface area contributed by atoms with E-state index >= 15 is 0 Å². The lowest BCUT2D eigenvalue weighted by Crippen LogP contribution is -2.32. The van der Waals surface area contributed by atoms with Crippen molar-refractivity contribution in [3.63, 3.8) is 0 Å². The van der Waals surface area contributed by atoms with Crippen molar-refractivity contribution in [2.45, 2.75) is 25.3 Å².